The third-order valence-electron chi connectivity index (χ3n) is 6.30. The Labute approximate surface area is 200 Å². The van der Waals surface area contributed by atoms with Crippen molar-refractivity contribution in [2.24, 2.45) is 0 Å². The molecule has 1 aliphatic heterocycles. The highest BCUT2D eigenvalue weighted by molar-refractivity contribution is 5.76. The van der Waals surface area contributed by atoms with E-state index < -0.39 is 0 Å². The number of aryl methyl sites for hydroxylation is 1. The molecule has 1 N–H and O–H groups in total. The van der Waals surface area contributed by atoms with Crippen LogP contribution in [0.5, 0.6) is 5.75 Å². The number of aromatic nitrogens is 1. The van der Waals surface area contributed by atoms with Gasteiger partial charge in [0.2, 0.25) is 0 Å². The second-order valence-corrected chi connectivity index (χ2v) is 8.61. The summed E-state index contributed by atoms with van der Waals surface area (Å²) in [6.07, 6.45) is 2.07. The topological polar surface area (TPSA) is 46.5 Å². The maximum absolute atomic E-state index is 13.7. The average molecular weight is 452 g/mol. The van der Waals surface area contributed by atoms with Crippen LogP contribution < -0.4 is 10.1 Å². The van der Waals surface area contributed by atoms with Crippen molar-refractivity contribution in [1.29, 1.82) is 0 Å². The van der Waals surface area contributed by atoms with Gasteiger partial charge in [-0.25, -0.2) is 4.79 Å². The van der Waals surface area contributed by atoms with E-state index in [0.29, 0.717) is 19.7 Å². The van der Waals surface area contributed by atoms with E-state index in [0.717, 1.165) is 33.8 Å². The Bertz CT molecular complexity index is 1280. The summed E-state index contributed by atoms with van der Waals surface area (Å²) >= 11 is 0. The number of amides is 2. The summed E-state index contributed by atoms with van der Waals surface area (Å²) in [5.41, 5.74) is 6.60. The van der Waals surface area contributed by atoms with Crippen LogP contribution in [-0.4, -0.2) is 22.1 Å². The molecule has 5 heteroatoms. The van der Waals surface area contributed by atoms with Crippen molar-refractivity contribution in [3.05, 3.63) is 119 Å². The molecule has 5 rings (SSSR count). The van der Waals surface area contributed by atoms with E-state index in [1.807, 2.05) is 42.2 Å². The lowest BCUT2D eigenvalue weighted by atomic mass is 10.0. The van der Waals surface area contributed by atoms with Crippen LogP contribution in [0.3, 0.4) is 0 Å². The first-order chi connectivity index (χ1) is 16.6. The first kappa shape index (κ1) is 21.8. The highest BCUT2D eigenvalue weighted by Crippen LogP contribution is 2.37. The van der Waals surface area contributed by atoms with Crippen LogP contribution >= 0.6 is 0 Å². The number of benzene rings is 3. The van der Waals surface area contributed by atoms with E-state index in [2.05, 4.69) is 77.6 Å². The zero-order chi connectivity index (χ0) is 23.5. The van der Waals surface area contributed by atoms with Gasteiger partial charge in [-0.1, -0.05) is 60.2 Å². The molecule has 1 aromatic heterocycles. The van der Waals surface area contributed by atoms with Gasteiger partial charge in [-0.3, -0.25) is 0 Å². The third-order valence-corrected chi connectivity index (χ3v) is 6.30. The summed E-state index contributed by atoms with van der Waals surface area (Å²) < 4.78 is 7.85. The standard InChI is InChI=1S/C29H29N3O2/c1-3-34-25-16-14-23(15-17-25)28-27-9-6-18-31(27)26-8-5-4-7-24(26)20-32(28)29(33)30-19-22-12-10-21(2)11-13-22/h4-18,28H,3,19-20H2,1-2H3,(H,30,33). The van der Waals surface area contributed by atoms with Gasteiger partial charge in [0.1, 0.15) is 5.75 Å². The van der Waals surface area contributed by atoms with Gasteiger partial charge in [0.15, 0.2) is 0 Å². The van der Waals surface area contributed by atoms with Crippen LogP contribution in [0, 0.1) is 6.92 Å². The van der Waals surface area contributed by atoms with Crippen molar-refractivity contribution in [3.63, 3.8) is 0 Å². The SMILES string of the molecule is CCOc1ccc(C2c3cccn3-c3ccccc3CN2C(=O)NCc2ccc(C)cc2)cc1. The summed E-state index contributed by atoms with van der Waals surface area (Å²) in [5.74, 6) is 0.828. The molecule has 0 aliphatic carbocycles. The third kappa shape index (κ3) is 4.29. The van der Waals surface area contributed by atoms with Crippen LogP contribution in [0.4, 0.5) is 4.79 Å². The number of carbonyl (C=O) groups excluding carboxylic acids is 1. The molecule has 3 aromatic carbocycles. The minimum absolute atomic E-state index is 0.0936. The average Bonchev–Trinajstić information content (AvgIpc) is 3.29. The van der Waals surface area contributed by atoms with Crippen molar-refractivity contribution >= 4 is 6.03 Å². The Morgan fingerprint density at radius 2 is 1.74 bits per heavy atom. The second-order valence-electron chi connectivity index (χ2n) is 8.61. The molecule has 172 valence electrons. The molecular formula is C29H29N3O2. The largest absolute Gasteiger partial charge is 0.494 e. The molecule has 34 heavy (non-hydrogen) atoms. The Morgan fingerprint density at radius 3 is 2.50 bits per heavy atom. The molecule has 0 spiro atoms. The molecule has 1 unspecified atom stereocenters. The minimum atomic E-state index is -0.240. The molecule has 0 fully saturated rings. The van der Waals surface area contributed by atoms with Gasteiger partial charge >= 0.3 is 6.03 Å². The zero-order valence-electron chi connectivity index (χ0n) is 19.6. The smallest absolute Gasteiger partial charge is 0.318 e. The minimum Gasteiger partial charge on any atom is -0.494 e. The highest BCUT2D eigenvalue weighted by Gasteiger charge is 2.32. The molecule has 1 aliphatic rings. The molecule has 4 aromatic rings. The molecule has 2 amide bonds. The molecule has 2 heterocycles. The Hall–Kier alpha value is -3.99. The summed E-state index contributed by atoms with van der Waals surface area (Å²) in [4.78, 5) is 15.6. The number of nitrogens with one attached hydrogen (secondary N) is 1. The number of ether oxygens (including phenoxy) is 1. The Kier molecular flexibility index (Phi) is 6.09. The predicted molar refractivity (Wildman–Crippen MR) is 134 cm³/mol. The van der Waals surface area contributed by atoms with Gasteiger partial charge in [0.05, 0.1) is 24.9 Å². The van der Waals surface area contributed by atoms with Crippen LogP contribution in [0.25, 0.3) is 5.69 Å². The number of hydrogen-bond donors (Lipinski definition) is 1. The molecule has 0 radical (unpaired) electrons. The van der Waals surface area contributed by atoms with E-state index in [9.17, 15) is 4.79 Å². The summed E-state index contributed by atoms with van der Waals surface area (Å²) in [5, 5.41) is 3.15. The van der Waals surface area contributed by atoms with Crippen molar-refractivity contribution in [2.45, 2.75) is 33.0 Å². The van der Waals surface area contributed by atoms with Gasteiger partial charge in [-0.05, 0) is 60.9 Å². The number of carbonyl (C=O) groups is 1. The lowest BCUT2D eigenvalue weighted by Crippen LogP contribution is -2.41. The number of urea groups is 1. The molecule has 0 saturated carbocycles. The van der Waals surface area contributed by atoms with Crippen LogP contribution in [0.1, 0.15) is 40.9 Å². The van der Waals surface area contributed by atoms with Gasteiger partial charge in [0.25, 0.3) is 0 Å². The lowest BCUT2D eigenvalue weighted by molar-refractivity contribution is 0.180. The van der Waals surface area contributed by atoms with Crippen molar-refractivity contribution in [2.75, 3.05) is 6.61 Å². The van der Waals surface area contributed by atoms with Crippen LogP contribution in [0.15, 0.2) is 91.1 Å². The number of rotatable bonds is 5. The lowest BCUT2D eigenvalue weighted by Gasteiger charge is -2.31. The normalized spacial score (nSPS) is 14.6. The van der Waals surface area contributed by atoms with E-state index in [4.69, 9.17) is 4.74 Å². The van der Waals surface area contributed by atoms with Crippen molar-refractivity contribution < 1.29 is 9.53 Å². The fraction of sp³-hybridized carbons (Fsp3) is 0.207. The Morgan fingerprint density at radius 1 is 0.971 bits per heavy atom. The summed E-state index contributed by atoms with van der Waals surface area (Å²) in [6, 6.07) is 28.4. The van der Waals surface area contributed by atoms with Crippen molar-refractivity contribution in [1.82, 2.24) is 14.8 Å². The number of fused-ring (bicyclic) bond motifs is 3. The number of para-hydroxylation sites is 1. The molecular weight excluding hydrogens is 422 g/mol. The number of nitrogens with zero attached hydrogens (tertiary/aromatic N) is 2. The fourth-order valence-corrected chi connectivity index (χ4v) is 4.59. The maximum atomic E-state index is 13.7. The van der Waals surface area contributed by atoms with E-state index in [-0.39, 0.29) is 12.1 Å². The van der Waals surface area contributed by atoms with Crippen molar-refractivity contribution in [3.8, 4) is 11.4 Å². The van der Waals surface area contributed by atoms with E-state index in [1.54, 1.807) is 0 Å². The molecule has 1 atom stereocenters. The first-order valence-electron chi connectivity index (χ1n) is 11.7. The van der Waals surface area contributed by atoms with Gasteiger partial charge < -0.3 is 19.5 Å². The first-order valence-corrected chi connectivity index (χ1v) is 11.7. The quantitative estimate of drug-likeness (QED) is 0.405. The van der Waals surface area contributed by atoms with Gasteiger partial charge in [-0.15, -0.1) is 0 Å². The molecule has 0 bridgehead atoms. The van der Waals surface area contributed by atoms with Crippen LogP contribution in [0.2, 0.25) is 0 Å². The molecule has 5 nitrogen and oxygen atoms in total. The number of hydrogen-bond acceptors (Lipinski definition) is 2. The monoisotopic (exact) mass is 451 g/mol. The summed E-state index contributed by atoms with van der Waals surface area (Å²) in [6.45, 7) is 5.65. The summed E-state index contributed by atoms with van der Waals surface area (Å²) in [7, 11) is 0. The highest BCUT2D eigenvalue weighted by atomic mass is 16.5. The predicted octanol–water partition coefficient (Wildman–Crippen LogP) is 6.00. The second kappa shape index (κ2) is 9.48. The molecule has 0 saturated heterocycles. The zero-order valence-corrected chi connectivity index (χ0v) is 19.6. The fourth-order valence-electron chi connectivity index (χ4n) is 4.59. The van der Waals surface area contributed by atoms with Gasteiger partial charge in [0, 0.05) is 18.4 Å². The van der Waals surface area contributed by atoms with Crippen LogP contribution in [-0.2, 0) is 13.1 Å². The van der Waals surface area contributed by atoms with E-state index in [1.165, 1.54) is 5.56 Å². The maximum Gasteiger partial charge on any atom is 0.318 e. The van der Waals surface area contributed by atoms with Gasteiger partial charge in [-0.2, -0.15) is 0 Å². The Balaban J connectivity index is 1.52. The van der Waals surface area contributed by atoms with E-state index >= 15 is 0 Å².